The molecule has 0 unspecified atom stereocenters. The number of halogens is 3. The number of amides is 1. The summed E-state index contributed by atoms with van der Waals surface area (Å²) < 4.78 is 40.8. The molecule has 5 rings (SSSR count). The summed E-state index contributed by atoms with van der Waals surface area (Å²) in [7, 11) is 0. The van der Waals surface area contributed by atoms with Crippen LogP contribution in [0.4, 0.5) is 13.2 Å². The van der Waals surface area contributed by atoms with Crippen LogP contribution in [0.15, 0.2) is 41.0 Å². The number of hydrogen-bond donors (Lipinski definition) is 1. The van der Waals surface area contributed by atoms with Gasteiger partial charge >= 0.3 is 6.18 Å². The molecule has 2 aromatic rings. The molecule has 1 aromatic heterocycles. The van der Waals surface area contributed by atoms with Gasteiger partial charge in [0.05, 0.1) is 17.2 Å². The molecule has 2 bridgehead atoms. The Morgan fingerprint density at radius 3 is 2.82 bits per heavy atom. The van der Waals surface area contributed by atoms with Crippen molar-refractivity contribution in [2.45, 2.75) is 39.4 Å². The predicted octanol–water partition coefficient (Wildman–Crippen LogP) is 4.15. The fourth-order valence-electron chi connectivity index (χ4n) is 4.35. The third kappa shape index (κ3) is 3.10. The SMILES string of the molecule is CC1(C)[C@H]2CC=C(/C=N\NC(=O)Cn3c(C(F)(F)F)nc4ccccc43)[C@@H]1C2. The number of hydrazone groups is 1. The average Bonchev–Trinajstić information content (AvgIpc) is 3.01. The fourth-order valence-corrected chi connectivity index (χ4v) is 4.35. The van der Waals surface area contributed by atoms with E-state index in [4.69, 9.17) is 0 Å². The molecule has 5 nitrogen and oxygen atoms in total. The van der Waals surface area contributed by atoms with Crippen molar-refractivity contribution >= 4 is 23.2 Å². The van der Waals surface area contributed by atoms with E-state index in [-0.39, 0.29) is 16.4 Å². The van der Waals surface area contributed by atoms with Crippen LogP contribution in [0.2, 0.25) is 0 Å². The number of para-hydroxylation sites is 2. The standard InChI is InChI=1S/C20H21F3N4O/c1-19(2)13-8-7-12(14(19)9-13)10-24-26-17(28)11-27-16-6-4-3-5-15(16)25-18(27)20(21,22)23/h3-7,10,13-14H,8-9,11H2,1-2H3,(H,26,28)/b24-10-/t13-,14-/m0/s1. The van der Waals surface area contributed by atoms with Gasteiger partial charge in [-0.15, -0.1) is 0 Å². The van der Waals surface area contributed by atoms with Gasteiger partial charge in [0.2, 0.25) is 5.82 Å². The number of hydrogen-bond acceptors (Lipinski definition) is 3. The molecule has 8 heteroatoms. The minimum Gasteiger partial charge on any atom is -0.311 e. The van der Waals surface area contributed by atoms with E-state index in [0.717, 1.165) is 23.0 Å². The van der Waals surface area contributed by atoms with E-state index in [0.29, 0.717) is 11.8 Å². The monoisotopic (exact) mass is 390 g/mol. The molecule has 1 aromatic carbocycles. The Balaban J connectivity index is 1.48. The van der Waals surface area contributed by atoms with E-state index in [2.05, 4.69) is 35.4 Å². The number of nitrogens with one attached hydrogen (secondary N) is 1. The van der Waals surface area contributed by atoms with Crippen LogP contribution >= 0.6 is 0 Å². The second kappa shape index (κ2) is 6.46. The molecule has 1 saturated carbocycles. The maximum Gasteiger partial charge on any atom is 0.449 e. The van der Waals surface area contributed by atoms with E-state index < -0.39 is 24.5 Å². The van der Waals surface area contributed by atoms with Gasteiger partial charge in [0.25, 0.3) is 5.91 Å². The summed E-state index contributed by atoms with van der Waals surface area (Å²) in [4.78, 5) is 15.9. The van der Waals surface area contributed by atoms with E-state index in [1.807, 2.05) is 0 Å². The van der Waals surface area contributed by atoms with Crippen LogP contribution in [0.25, 0.3) is 11.0 Å². The Morgan fingerprint density at radius 1 is 1.39 bits per heavy atom. The number of nitrogens with zero attached hydrogens (tertiary/aromatic N) is 3. The van der Waals surface area contributed by atoms with E-state index in [9.17, 15) is 18.0 Å². The van der Waals surface area contributed by atoms with Crippen molar-refractivity contribution in [3.05, 3.63) is 41.7 Å². The normalized spacial score (nSPS) is 23.5. The lowest BCUT2D eigenvalue weighted by atomic mass is 9.49. The van der Waals surface area contributed by atoms with Crippen LogP contribution in [0.3, 0.4) is 0 Å². The van der Waals surface area contributed by atoms with Gasteiger partial charge in [0.1, 0.15) is 6.54 Å². The molecule has 1 heterocycles. The molecule has 0 spiro atoms. The Labute approximate surface area is 160 Å². The molecule has 1 N–H and O–H groups in total. The maximum atomic E-state index is 13.3. The summed E-state index contributed by atoms with van der Waals surface area (Å²) >= 11 is 0. The first-order valence-corrected chi connectivity index (χ1v) is 9.22. The summed E-state index contributed by atoms with van der Waals surface area (Å²) in [5.41, 5.74) is 4.11. The fraction of sp³-hybridized carbons (Fsp3) is 0.450. The number of allylic oxidation sites excluding steroid dienone is 2. The van der Waals surface area contributed by atoms with Crippen molar-refractivity contribution in [2.75, 3.05) is 0 Å². The molecule has 0 aliphatic heterocycles. The van der Waals surface area contributed by atoms with Gasteiger partial charge in [0.15, 0.2) is 0 Å². The van der Waals surface area contributed by atoms with Crippen molar-refractivity contribution in [2.24, 2.45) is 22.4 Å². The van der Waals surface area contributed by atoms with Crippen LogP contribution < -0.4 is 5.43 Å². The third-order valence-electron chi connectivity index (χ3n) is 6.12. The lowest BCUT2D eigenvalue weighted by Gasteiger charge is -2.55. The highest BCUT2D eigenvalue weighted by Crippen LogP contribution is 2.58. The molecule has 1 amide bonds. The second-order valence-corrected chi connectivity index (χ2v) is 8.05. The lowest BCUT2D eigenvalue weighted by Crippen LogP contribution is -2.48. The zero-order valence-corrected chi connectivity index (χ0v) is 15.6. The number of alkyl halides is 3. The van der Waals surface area contributed by atoms with Gasteiger partial charge in [-0.3, -0.25) is 4.79 Å². The molecular weight excluding hydrogens is 369 g/mol. The summed E-state index contributed by atoms with van der Waals surface area (Å²) in [6, 6.07) is 6.21. The van der Waals surface area contributed by atoms with E-state index >= 15 is 0 Å². The number of benzene rings is 1. The first kappa shape index (κ1) is 18.7. The van der Waals surface area contributed by atoms with Crippen molar-refractivity contribution in [1.82, 2.24) is 15.0 Å². The molecule has 1 fully saturated rings. The molecular formula is C20H21F3N4O. The van der Waals surface area contributed by atoms with Crippen molar-refractivity contribution in [3.8, 4) is 0 Å². The second-order valence-electron chi connectivity index (χ2n) is 8.05. The first-order valence-electron chi connectivity index (χ1n) is 9.22. The molecule has 0 saturated heterocycles. The first-order chi connectivity index (χ1) is 13.2. The zero-order valence-electron chi connectivity index (χ0n) is 15.6. The molecule has 28 heavy (non-hydrogen) atoms. The Kier molecular flexibility index (Phi) is 4.32. The predicted molar refractivity (Wildman–Crippen MR) is 99.4 cm³/mol. The number of rotatable bonds is 4. The van der Waals surface area contributed by atoms with Crippen LogP contribution in [-0.2, 0) is 17.5 Å². The highest BCUT2D eigenvalue weighted by atomic mass is 19.4. The quantitative estimate of drug-likeness (QED) is 0.630. The molecule has 3 aliphatic rings. The van der Waals surface area contributed by atoms with Gasteiger partial charge in [-0.2, -0.15) is 18.3 Å². The zero-order chi connectivity index (χ0) is 20.1. The molecule has 3 aliphatic carbocycles. The minimum absolute atomic E-state index is 0.195. The molecule has 148 valence electrons. The summed E-state index contributed by atoms with van der Waals surface area (Å²) in [6.07, 6.45) is 1.21. The van der Waals surface area contributed by atoms with Gasteiger partial charge in [-0.05, 0) is 47.8 Å². The average molecular weight is 390 g/mol. The van der Waals surface area contributed by atoms with Crippen LogP contribution in [-0.4, -0.2) is 21.7 Å². The Morgan fingerprint density at radius 2 is 2.14 bits per heavy atom. The smallest absolute Gasteiger partial charge is 0.311 e. The van der Waals surface area contributed by atoms with E-state index in [1.165, 1.54) is 12.1 Å². The molecule has 2 atom stereocenters. The Hall–Kier alpha value is -2.64. The summed E-state index contributed by atoms with van der Waals surface area (Å²) in [5.74, 6) is -0.613. The van der Waals surface area contributed by atoms with Crippen LogP contribution in [0.1, 0.15) is 32.5 Å². The van der Waals surface area contributed by atoms with Gasteiger partial charge in [-0.25, -0.2) is 10.4 Å². The summed E-state index contributed by atoms with van der Waals surface area (Å²) in [6.45, 7) is 3.95. The van der Waals surface area contributed by atoms with E-state index in [1.54, 1.807) is 18.3 Å². The largest absolute Gasteiger partial charge is 0.449 e. The van der Waals surface area contributed by atoms with Crippen molar-refractivity contribution in [1.29, 1.82) is 0 Å². The number of aromatic nitrogens is 2. The van der Waals surface area contributed by atoms with Gasteiger partial charge < -0.3 is 4.57 Å². The van der Waals surface area contributed by atoms with Crippen LogP contribution in [0.5, 0.6) is 0 Å². The highest BCUT2D eigenvalue weighted by Gasteiger charge is 2.50. The number of carbonyl (C=O) groups excluding carboxylic acids is 1. The third-order valence-corrected chi connectivity index (χ3v) is 6.12. The lowest BCUT2D eigenvalue weighted by molar-refractivity contribution is -0.147. The van der Waals surface area contributed by atoms with Crippen LogP contribution in [0, 0.1) is 17.3 Å². The Bertz CT molecular complexity index is 987. The van der Waals surface area contributed by atoms with Crippen molar-refractivity contribution < 1.29 is 18.0 Å². The van der Waals surface area contributed by atoms with Gasteiger partial charge in [0, 0.05) is 0 Å². The van der Waals surface area contributed by atoms with Gasteiger partial charge in [-0.1, -0.05) is 32.1 Å². The highest BCUT2D eigenvalue weighted by molar-refractivity contribution is 5.84. The number of fused-ring (bicyclic) bond motifs is 2. The number of carbonyl (C=O) groups is 1. The number of imidazole rings is 1. The van der Waals surface area contributed by atoms with Crippen molar-refractivity contribution in [3.63, 3.8) is 0 Å². The topological polar surface area (TPSA) is 59.3 Å². The molecule has 0 radical (unpaired) electrons. The maximum absolute atomic E-state index is 13.3. The summed E-state index contributed by atoms with van der Waals surface area (Å²) in [5, 5.41) is 3.98. The minimum atomic E-state index is -4.65.